The minimum atomic E-state index is -0.464. The van der Waals surface area contributed by atoms with Crippen LogP contribution in [-0.2, 0) is 11.8 Å². The smallest absolute Gasteiger partial charge is 0.257 e. The van der Waals surface area contributed by atoms with Gasteiger partial charge in [-0.1, -0.05) is 12.1 Å². The molecule has 0 bridgehead atoms. The summed E-state index contributed by atoms with van der Waals surface area (Å²) in [5.74, 6) is 1.93. The van der Waals surface area contributed by atoms with E-state index in [4.69, 9.17) is 9.72 Å². The highest BCUT2D eigenvalue weighted by atomic mass is 16.5. The van der Waals surface area contributed by atoms with E-state index in [0.717, 1.165) is 33.7 Å². The average molecular weight is 523 g/mol. The monoisotopic (exact) mass is 524 g/mol. The van der Waals surface area contributed by atoms with Gasteiger partial charge in [-0.15, -0.1) is 0 Å². The summed E-state index contributed by atoms with van der Waals surface area (Å²) in [7, 11) is 19.1. The fraction of sp³-hybridized carbons (Fsp3) is 0.250. The van der Waals surface area contributed by atoms with E-state index < -0.39 is 21.5 Å². The molecule has 0 radical (unpaired) electrons. The van der Waals surface area contributed by atoms with Crippen LogP contribution in [0, 0.1) is 6.92 Å². The predicted molar refractivity (Wildman–Crippen MR) is 184 cm³/mol. The number of aryl methyl sites for hydroxylation is 1. The van der Waals surface area contributed by atoms with Crippen molar-refractivity contribution in [2.24, 2.45) is 7.05 Å². The lowest BCUT2D eigenvalue weighted by Gasteiger charge is -2.69. The normalized spacial score (nSPS) is 18.8. The van der Waals surface area contributed by atoms with Crippen molar-refractivity contribution in [3.63, 3.8) is 0 Å². The Morgan fingerprint density at radius 1 is 0.850 bits per heavy atom. The first kappa shape index (κ1) is 28.3. The molecular formula is C24H32B8N6O2. The molecule has 1 aliphatic heterocycles. The number of carbonyl (C=O) groups excluding carboxylic acids is 1. The molecular weight excluding hydrogens is 491 g/mol. The van der Waals surface area contributed by atoms with Crippen LogP contribution >= 0.6 is 0 Å². The Labute approximate surface area is 243 Å². The second-order valence-electron chi connectivity index (χ2n) is 12.8. The van der Waals surface area contributed by atoms with E-state index in [9.17, 15) is 4.79 Å². The molecule has 1 amide bonds. The second-order valence-corrected chi connectivity index (χ2v) is 12.8. The molecule has 0 spiro atoms. The lowest BCUT2D eigenvalue weighted by Crippen LogP contribution is -2.86. The largest absolute Gasteiger partial charge is 0.402 e. The molecule has 1 aromatic carbocycles. The van der Waals surface area contributed by atoms with Gasteiger partial charge in [-0.3, -0.25) is 4.79 Å². The zero-order valence-electron chi connectivity index (χ0n) is 25.2. The van der Waals surface area contributed by atoms with Crippen molar-refractivity contribution in [1.82, 2.24) is 19.5 Å². The Bertz CT molecular complexity index is 1610. The number of aromatic nitrogens is 4. The molecule has 0 atom stereocenters. The van der Waals surface area contributed by atoms with Crippen molar-refractivity contribution in [3.8, 4) is 11.3 Å². The average Bonchev–Trinajstić information content (AvgIpc) is 3.20. The Morgan fingerprint density at radius 2 is 1.52 bits per heavy atom. The van der Waals surface area contributed by atoms with Gasteiger partial charge in [0.25, 0.3) is 5.91 Å². The summed E-state index contributed by atoms with van der Waals surface area (Å²) in [5, 5.41) is 3.23. The summed E-state index contributed by atoms with van der Waals surface area (Å²) in [4.78, 5) is 29.4. The van der Waals surface area contributed by atoms with Gasteiger partial charge >= 0.3 is 0 Å². The lowest BCUT2D eigenvalue weighted by atomic mass is 9.30. The highest BCUT2D eigenvalue weighted by molar-refractivity contribution is 6.61. The van der Waals surface area contributed by atoms with E-state index in [-0.39, 0.29) is 5.91 Å². The molecule has 1 aliphatic rings. The van der Waals surface area contributed by atoms with E-state index in [0.29, 0.717) is 11.4 Å². The van der Waals surface area contributed by atoms with Crippen molar-refractivity contribution in [3.05, 3.63) is 66.4 Å². The minimum absolute atomic E-state index is 0.240. The van der Waals surface area contributed by atoms with Crippen LogP contribution in [0.2, 0.25) is 0 Å². The molecule has 16 heteroatoms. The minimum Gasteiger partial charge on any atom is -0.402 e. The number of benzene rings is 1. The van der Waals surface area contributed by atoms with Crippen molar-refractivity contribution in [2.45, 2.75) is 28.4 Å². The third kappa shape index (κ3) is 4.50. The molecule has 1 N–H and O–H groups in total. The number of ether oxygens (including phenoxy) is 1. The maximum absolute atomic E-state index is 13.5. The first-order valence-electron chi connectivity index (χ1n) is 13.7. The number of anilines is 2. The molecule has 0 saturated carbocycles. The number of morpholine rings is 1. The van der Waals surface area contributed by atoms with Gasteiger partial charge in [0.2, 0.25) is 0 Å². The standard InChI is InChI=1S/C24H32B8N6O2/c1-12-34-11-17(37(12)2)13-3-4-15-10-35-18(8-16(15)7-13)36-20(39)14-5-6-33-19(9-14)38-21(25,26)23(29,30)40-24(31,32)22(38,27)28/h3-11H,25-32H2,1-2H3,(H,35,36,39). The van der Waals surface area contributed by atoms with Crippen molar-refractivity contribution in [2.75, 3.05) is 10.2 Å². The number of fused-ring (bicyclic) bond motifs is 1. The molecule has 0 aliphatic carbocycles. The summed E-state index contributed by atoms with van der Waals surface area (Å²) in [6.07, 6.45) is 5.35. The SMILES string of the molecule is BC1(B)OC(B)(B)C(B)(B)N(c2cc(C(=O)Nc3cc4cc(-c5cnc(C)n5C)ccc4cn3)ccn2)C1(B)B. The van der Waals surface area contributed by atoms with Gasteiger partial charge in [-0.25, -0.2) is 15.0 Å². The van der Waals surface area contributed by atoms with E-state index in [1.54, 1.807) is 18.5 Å². The van der Waals surface area contributed by atoms with Gasteiger partial charge in [0, 0.05) is 46.8 Å². The van der Waals surface area contributed by atoms with Crippen molar-refractivity contribution < 1.29 is 9.53 Å². The number of hydrogen-bond donors (Lipinski definition) is 1. The van der Waals surface area contributed by atoms with Crippen LogP contribution in [0.3, 0.4) is 0 Å². The third-order valence-corrected chi connectivity index (χ3v) is 9.29. The zero-order valence-corrected chi connectivity index (χ0v) is 25.2. The number of imidazole rings is 1. The first-order valence-corrected chi connectivity index (χ1v) is 13.7. The second kappa shape index (κ2) is 9.40. The van der Waals surface area contributed by atoms with Gasteiger partial charge in [-0.05, 0) is 47.3 Å². The van der Waals surface area contributed by atoms with E-state index in [2.05, 4.69) is 99.7 Å². The summed E-state index contributed by atoms with van der Waals surface area (Å²) in [6, 6.07) is 11.7. The number of amides is 1. The molecule has 5 rings (SSSR count). The van der Waals surface area contributed by atoms with Crippen LogP contribution in [0.5, 0.6) is 0 Å². The summed E-state index contributed by atoms with van der Waals surface area (Å²) < 4.78 is 8.68. The van der Waals surface area contributed by atoms with Crippen molar-refractivity contribution in [1.29, 1.82) is 0 Å². The number of hydrogen-bond acceptors (Lipinski definition) is 6. The molecule has 8 nitrogen and oxygen atoms in total. The van der Waals surface area contributed by atoms with Gasteiger partial charge in [-0.2, -0.15) is 0 Å². The fourth-order valence-electron chi connectivity index (χ4n) is 5.71. The maximum atomic E-state index is 13.5. The third-order valence-electron chi connectivity index (χ3n) is 9.29. The lowest BCUT2D eigenvalue weighted by molar-refractivity contribution is -0.0256. The number of nitrogens with zero attached hydrogens (tertiary/aromatic N) is 5. The molecule has 3 aromatic heterocycles. The highest BCUT2D eigenvalue weighted by Crippen LogP contribution is 2.42. The molecule has 4 aromatic rings. The predicted octanol–water partition coefficient (Wildman–Crippen LogP) is -4.89. The number of carbonyl (C=O) groups is 1. The summed E-state index contributed by atoms with van der Waals surface area (Å²) in [6.45, 7) is 1.98. The quantitative estimate of drug-likeness (QED) is 0.271. The summed E-state index contributed by atoms with van der Waals surface area (Å²) >= 11 is 0. The Hall–Kier alpha value is -3.26. The molecule has 1 fully saturated rings. The van der Waals surface area contributed by atoms with E-state index in [1.807, 2.05) is 38.4 Å². The molecule has 194 valence electrons. The van der Waals surface area contributed by atoms with Crippen LogP contribution in [-0.4, -0.2) is 110 Å². The van der Waals surface area contributed by atoms with Crippen molar-refractivity contribution >= 4 is 91.1 Å². The fourth-order valence-corrected chi connectivity index (χ4v) is 5.71. The number of rotatable bonds is 4. The molecule has 1 saturated heterocycles. The molecule has 4 heterocycles. The number of nitrogens with one attached hydrogen (secondary N) is 1. The summed E-state index contributed by atoms with van der Waals surface area (Å²) in [5.41, 5.74) is 2.60. The molecule has 0 unspecified atom stereocenters. The van der Waals surface area contributed by atoms with Crippen LogP contribution in [0.15, 0.2) is 55.0 Å². The first-order chi connectivity index (χ1) is 18.5. The maximum Gasteiger partial charge on any atom is 0.257 e. The van der Waals surface area contributed by atoms with E-state index >= 15 is 0 Å². The zero-order chi connectivity index (χ0) is 29.3. The Kier molecular flexibility index (Phi) is 6.64. The van der Waals surface area contributed by atoms with Gasteiger partial charge in [0.15, 0.2) is 0 Å². The van der Waals surface area contributed by atoms with Gasteiger partial charge < -0.3 is 19.5 Å². The van der Waals surface area contributed by atoms with Gasteiger partial charge in [0.05, 0.1) is 11.9 Å². The highest BCUT2D eigenvalue weighted by Gasteiger charge is 2.58. The van der Waals surface area contributed by atoms with Crippen LogP contribution in [0.4, 0.5) is 11.6 Å². The van der Waals surface area contributed by atoms with Gasteiger partial charge in [0.1, 0.15) is 80.2 Å². The Balaban J connectivity index is 1.46. The Morgan fingerprint density at radius 3 is 2.15 bits per heavy atom. The molecule has 40 heavy (non-hydrogen) atoms. The van der Waals surface area contributed by atoms with Crippen LogP contribution in [0.1, 0.15) is 16.2 Å². The van der Waals surface area contributed by atoms with Crippen LogP contribution in [0.25, 0.3) is 22.0 Å². The topological polar surface area (TPSA) is 85.2 Å². The van der Waals surface area contributed by atoms with E-state index in [1.165, 1.54) is 0 Å². The van der Waals surface area contributed by atoms with Crippen LogP contribution < -0.4 is 10.2 Å². The number of pyridine rings is 2.